The van der Waals surface area contributed by atoms with Crippen molar-refractivity contribution < 1.29 is 24.4 Å². The number of nitrogens with two attached hydrogens (primary N) is 1. The van der Waals surface area contributed by atoms with Gasteiger partial charge in [0, 0.05) is 12.1 Å². The summed E-state index contributed by atoms with van der Waals surface area (Å²) >= 11 is 1.53. The lowest BCUT2D eigenvalue weighted by atomic mass is 9.75. The van der Waals surface area contributed by atoms with Gasteiger partial charge in [-0.15, -0.1) is 11.3 Å². The molecule has 6 nitrogen and oxygen atoms in total. The van der Waals surface area contributed by atoms with Crippen molar-refractivity contribution in [3.8, 4) is 0 Å². The predicted octanol–water partition coefficient (Wildman–Crippen LogP) is 1.06. The summed E-state index contributed by atoms with van der Waals surface area (Å²) in [4.78, 5) is 41.7. The number of amides is 2. The Kier molecular flexibility index (Phi) is 4.36. The van der Waals surface area contributed by atoms with Gasteiger partial charge in [-0.3, -0.25) is 14.5 Å². The van der Waals surface area contributed by atoms with Gasteiger partial charge in [-0.05, 0) is 18.4 Å². The van der Waals surface area contributed by atoms with Crippen LogP contribution in [0.2, 0.25) is 0 Å². The van der Waals surface area contributed by atoms with Crippen LogP contribution in [0.4, 0.5) is 0 Å². The van der Waals surface area contributed by atoms with Crippen LogP contribution in [0.3, 0.4) is 0 Å². The van der Waals surface area contributed by atoms with E-state index in [1.54, 1.807) is 6.92 Å². The fourth-order valence-corrected chi connectivity index (χ4v) is 5.45. The number of rotatable bonds is 4. The van der Waals surface area contributed by atoms with Gasteiger partial charge in [0.25, 0.3) is 0 Å². The highest BCUT2D eigenvalue weighted by Gasteiger charge is 2.73. The Bertz CT molecular complexity index is 883. The first-order chi connectivity index (χ1) is 13.1. The van der Waals surface area contributed by atoms with Crippen LogP contribution >= 0.6 is 11.3 Å². The van der Waals surface area contributed by atoms with E-state index in [0.29, 0.717) is 12.1 Å². The normalized spacial score (nSPS) is 29.9. The molecule has 140 valence electrons. The maximum Gasteiger partial charge on any atom is 0.373 e. The molecule has 0 unspecified atom stereocenters. The maximum absolute atomic E-state index is 13.2. The predicted molar refractivity (Wildman–Crippen MR) is 98.5 cm³/mol. The molecule has 27 heavy (non-hydrogen) atoms. The lowest BCUT2D eigenvalue weighted by molar-refractivity contribution is -0.741. The Hall–Kier alpha value is -2.51. The van der Waals surface area contributed by atoms with Crippen molar-refractivity contribution in [2.75, 3.05) is 13.7 Å². The summed E-state index contributed by atoms with van der Waals surface area (Å²) in [6.07, 6.45) is 0. The van der Waals surface area contributed by atoms with Crippen molar-refractivity contribution in [2.45, 2.75) is 18.5 Å². The molecule has 3 heterocycles. The number of benzene rings is 1. The van der Waals surface area contributed by atoms with E-state index < -0.39 is 23.3 Å². The van der Waals surface area contributed by atoms with Gasteiger partial charge < -0.3 is 10.1 Å². The molecular weight excluding hydrogens is 364 g/mol. The third kappa shape index (κ3) is 2.38. The van der Waals surface area contributed by atoms with Crippen LogP contribution in [0.5, 0.6) is 0 Å². The Morgan fingerprint density at radius 1 is 1.19 bits per heavy atom. The number of quaternary nitrogens is 1. The molecule has 0 saturated carbocycles. The highest BCUT2D eigenvalue weighted by atomic mass is 32.1. The molecule has 2 aliphatic heterocycles. The van der Waals surface area contributed by atoms with E-state index in [2.05, 4.69) is 0 Å². The number of likely N-dealkylation sites (tertiary alicyclic amines) is 1. The van der Waals surface area contributed by atoms with Crippen molar-refractivity contribution in [1.82, 2.24) is 4.90 Å². The van der Waals surface area contributed by atoms with Crippen LogP contribution in [-0.2, 0) is 24.7 Å². The smallest absolute Gasteiger partial charge is 0.373 e. The second-order valence-electron chi connectivity index (χ2n) is 6.86. The average Bonchev–Trinajstić information content (AvgIpc) is 3.39. The molecule has 1 aromatic heterocycles. The van der Waals surface area contributed by atoms with Crippen LogP contribution in [0.15, 0.2) is 47.8 Å². The van der Waals surface area contributed by atoms with E-state index in [1.807, 2.05) is 53.2 Å². The zero-order valence-electron chi connectivity index (χ0n) is 15.1. The lowest BCUT2D eigenvalue weighted by Crippen LogP contribution is -2.96. The van der Waals surface area contributed by atoms with Crippen LogP contribution in [0.1, 0.15) is 23.4 Å². The molecule has 2 fully saturated rings. The third-order valence-electron chi connectivity index (χ3n) is 5.72. The molecule has 2 N–H and O–H groups in total. The summed E-state index contributed by atoms with van der Waals surface area (Å²) < 4.78 is 5.17. The Morgan fingerprint density at radius 3 is 2.52 bits per heavy atom. The largest absolute Gasteiger partial charge is 0.464 e. The number of ether oxygens (including phenoxy) is 1. The van der Waals surface area contributed by atoms with Gasteiger partial charge in [-0.2, -0.15) is 0 Å². The molecule has 4 atom stereocenters. The van der Waals surface area contributed by atoms with Crippen LogP contribution in [0.25, 0.3) is 0 Å². The summed E-state index contributed by atoms with van der Waals surface area (Å²) in [6.45, 7) is 2.08. The summed E-state index contributed by atoms with van der Waals surface area (Å²) in [6, 6.07) is 12.7. The van der Waals surface area contributed by atoms with Crippen molar-refractivity contribution in [3.63, 3.8) is 0 Å². The van der Waals surface area contributed by atoms with E-state index >= 15 is 0 Å². The molecule has 0 radical (unpaired) electrons. The standard InChI is InChI=1S/C20H20N2O4S/c1-3-22-17(23)14-15(18(22)24)20(19(25)26-2,12-8-5-4-6-9-12)21-16(14)13-10-7-11-27-13/h4-11,14-16,21H,3H2,1-2H3/p+1/t14-,15+,16-,20-/m1/s1. The topological polar surface area (TPSA) is 80.3 Å². The minimum atomic E-state index is -1.27. The highest BCUT2D eigenvalue weighted by molar-refractivity contribution is 7.10. The van der Waals surface area contributed by atoms with Gasteiger partial charge in [0.05, 0.1) is 12.0 Å². The molecule has 0 aliphatic carbocycles. The van der Waals surface area contributed by atoms with Crippen LogP contribution in [0, 0.1) is 11.8 Å². The highest BCUT2D eigenvalue weighted by Crippen LogP contribution is 2.49. The number of carbonyl (C=O) groups is 3. The van der Waals surface area contributed by atoms with Crippen molar-refractivity contribution >= 4 is 29.1 Å². The Balaban J connectivity index is 1.95. The lowest BCUT2D eigenvalue weighted by Gasteiger charge is -2.29. The Morgan fingerprint density at radius 2 is 1.93 bits per heavy atom. The molecule has 2 aromatic rings. The first kappa shape index (κ1) is 17.9. The van der Waals surface area contributed by atoms with E-state index in [9.17, 15) is 14.4 Å². The minimum Gasteiger partial charge on any atom is -0.464 e. The van der Waals surface area contributed by atoms with Gasteiger partial charge in [0.2, 0.25) is 17.4 Å². The SMILES string of the molecule is CCN1C(=O)[C@H]2[C@@H](c3cccs3)[NH2+][C@](C(=O)OC)(c3ccccc3)[C@@H]2C1=O. The molecular formula is C20H21N2O4S+. The van der Waals surface area contributed by atoms with Crippen molar-refractivity contribution in [1.29, 1.82) is 0 Å². The number of thiophene rings is 1. The number of methoxy groups -OCH3 is 1. The minimum absolute atomic E-state index is 0.205. The molecule has 2 aliphatic rings. The van der Waals surface area contributed by atoms with Gasteiger partial charge >= 0.3 is 5.97 Å². The summed E-state index contributed by atoms with van der Waals surface area (Å²) in [5.74, 6) is -2.37. The zero-order valence-corrected chi connectivity index (χ0v) is 15.9. The molecule has 1 aromatic carbocycles. The number of nitrogens with zero attached hydrogens (tertiary/aromatic N) is 1. The maximum atomic E-state index is 13.2. The molecule has 0 spiro atoms. The number of carbonyl (C=O) groups excluding carboxylic acids is 3. The number of fused-ring (bicyclic) bond motifs is 1. The van der Waals surface area contributed by atoms with E-state index in [-0.39, 0.29) is 17.9 Å². The molecule has 4 rings (SSSR count). The molecule has 2 saturated heterocycles. The first-order valence-corrected chi connectivity index (χ1v) is 9.82. The van der Waals surface area contributed by atoms with Crippen LogP contribution < -0.4 is 5.32 Å². The molecule has 2 amide bonds. The quantitative estimate of drug-likeness (QED) is 0.630. The van der Waals surface area contributed by atoms with Gasteiger partial charge in [0.15, 0.2) is 0 Å². The first-order valence-electron chi connectivity index (χ1n) is 8.94. The Labute approximate surface area is 161 Å². The van der Waals surface area contributed by atoms with E-state index in [4.69, 9.17) is 4.74 Å². The summed E-state index contributed by atoms with van der Waals surface area (Å²) in [7, 11) is 1.33. The summed E-state index contributed by atoms with van der Waals surface area (Å²) in [5.41, 5.74) is -0.587. The fourth-order valence-electron chi connectivity index (χ4n) is 4.61. The molecule has 0 bridgehead atoms. The molecule has 7 heteroatoms. The number of hydrogen-bond acceptors (Lipinski definition) is 5. The fraction of sp³-hybridized carbons (Fsp3) is 0.350. The van der Waals surface area contributed by atoms with Gasteiger partial charge in [-0.1, -0.05) is 36.4 Å². The van der Waals surface area contributed by atoms with Gasteiger partial charge in [0.1, 0.15) is 17.9 Å². The monoisotopic (exact) mass is 385 g/mol. The third-order valence-corrected chi connectivity index (χ3v) is 6.70. The van der Waals surface area contributed by atoms with Crippen molar-refractivity contribution in [2.24, 2.45) is 11.8 Å². The zero-order chi connectivity index (χ0) is 19.2. The number of esters is 1. The summed E-state index contributed by atoms with van der Waals surface area (Å²) in [5, 5.41) is 3.82. The average molecular weight is 385 g/mol. The van der Waals surface area contributed by atoms with Gasteiger partial charge in [-0.25, -0.2) is 4.79 Å². The second-order valence-corrected chi connectivity index (χ2v) is 7.84. The van der Waals surface area contributed by atoms with E-state index in [0.717, 1.165) is 4.88 Å². The van der Waals surface area contributed by atoms with Crippen LogP contribution in [-0.4, -0.2) is 36.3 Å². The number of hydrogen-bond donors (Lipinski definition) is 1. The van der Waals surface area contributed by atoms with Crippen molar-refractivity contribution in [3.05, 3.63) is 58.3 Å². The van der Waals surface area contributed by atoms with E-state index in [1.165, 1.54) is 23.3 Å². The number of imide groups is 1. The second kappa shape index (κ2) is 6.58.